The molecule has 0 unspecified atom stereocenters. The number of sulfonamides is 1. The Morgan fingerprint density at radius 1 is 1.18 bits per heavy atom. The molecular formula is C14H11FN2O2S3. The summed E-state index contributed by atoms with van der Waals surface area (Å²) in [7, 11) is -4.06. The summed E-state index contributed by atoms with van der Waals surface area (Å²) in [6, 6.07) is 3.93. The van der Waals surface area contributed by atoms with E-state index in [4.69, 9.17) is 5.14 Å². The molecule has 0 spiro atoms. The lowest BCUT2D eigenvalue weighted by atomic mass is 10.1. The number of thiazole rings is 1. The lowest BCUT2D eigenvalue weighted by Crippen LogP contribution is -2.13. The summed E-state index contributed by atoms with van der Waals surface area (Å²) < 4.78 is 36.6. The number of nitrogens with zero attached hydrogens (tertiary/aromatic N) is 1. The van der Waals surface area contributed by atoms with E-state index in [1.54, 1.807) is 6.07 Å². The molecule has 0 bridgehead atoms. The molecule has 0 saturated heterocycles. The van der Waals surface area contributed by atoms with Gasteiger partial charge in [-0.3, -0.25) is 0 Å². The van der Waals surface area contributed by atoms with Crippen LogP contribution in [0.4, 0.5) is 4.39 Å². The maximum atomic E-state index is 14.0. The fraction of sp³-hybridized carbons (Fsp3) is 0.0714. The summed E-state index contributed by atoms with van der Waals surface area (Å²) >= 11 is 3.00. The van der Waals surface area contributed by atoms with Crippen LogP contribution in [-0.2, 0) is 10.0 Å². The summed E-state index contributed by atoms with van der Waals surface area (Å²) in [6.45, 7) is 1.91. The molecule has 0 atom stereocenters. The topological polar surface area (TPSA) is 73.1 Å². The first-order valence-electron chi connectivity index (χ1n) is 6.17. The van der Waals surface area contributed by atoms with Gasteiger partial charge in [-0.2, -0.15) is 11.3 Å². The second kappa shape index (κ2) is 5.54. The fourth-order valence-electron chi connectivity index (χ4n) is 2.06. The number of thiophene rings is 1. The van der Waals surface area contributed by atoms with E-state index >= 15 is 0 Å². The third-order valence-electron chi connectivity index (χ3n) is 3.06. The molecule has 1 aromatic carbocycles. The van der Waals surface area contributed by atoms with Crippen molar-refractivity contribution in [3.8, 4) is 21.7 Å². The number of nitrogens with two attached hydrogens (primary N) is 1. The second-order valence-electron chi connectivity index (χ2n) is 4.68. The van der Waals surface area contributed by atoms with Gasteiger partial charge in [-0.05, 0) is 30.0 Å². The number of benzene rings is 1. The number of halogens is 1. The molecule has 0 aliphatic heterocycles. The predicted molar refractivity (Wildman–Crippen MR) is 86.9 cm³/mol. The number of hydrogen-bond acceptors (Lipinski definition) is 5. The minimum atomic E-state index is -4.06. The van der Waals surface area contributed by atoms with Crippen molar-refractivity contribution in [2.75, 3.05) is 0 Å². The first-order chi connectivity index (χ1) is 10.4. The minimum Gasteiger partial charge on any atom is -0.241 e. The highest BCUT2D eigenvalue weighted by molar-refractivity contribution is 7.89. The number of rotatable bonds is 3. The first kappa shape index (κ1) is 15.3. The van der Waals surface area contributed by atoms with Crippen LogP contribution in [0.5, 0.6) is 0 Å². The van der Waals surface area contributed by atoms with E-state index in [1.165, 1.54) is 34.8 Å². The van der Waals surface area contributed by atoms with Crippen molar-refractivity contribution >= 4 is 32.7 Å². The molecule has 2 N–H and O–H groups in total. The van der Waals surface area contributed by atoms with Gasteiger partial charge in [0.15, 0.2) is 0 Å². The van der Waals surface area contributed by atoms with Gasteiger partial charge in [-0.15, -0.1) is 11.3 Å². The maximum absolute atomic E-state index is 14.0. The van der Waals surface area contributed by atoms with E-state index < -0.39 is 20.7 Å². The molecule has 3 rings (SSSR count). The van der Waals surface area contributed by atoms with Gasteiger partial charge in [0, 0.05) is 27.6 Å². The molecule has 0 radical (unpaired) electrons. The monoisotopic (exact) mass is 354 g/mol. The normalized spacial score (nSPS) is 11.8. The average molecular weight is 354 g/mol. The SMILES string of the molecule is Cc1csc(-c2cscc2-c2ccc(S(N)(=O)=O)c(F)c2)n1. The maximum Gasteiger partial charge on any atom is 0.240 e. The molecule has 0 saturated carbocycles. The van der Waals surface area contributed by atoms with E-state index in [0.29, 0.717) is 5.56 Å². The molecule has 0 aliphatic rings. The van der Waals surface area contributed by atoms with Gasteiger partial charge >= 0.3 is 0 Å². The first-order valence-corrected chi connectivity index (χ1v) is 9.54. The second-order valence-corrected chi connectivity index (χ2v) is 7.81. The van der Waals surface area contributed by atoms with Gasteiger partial charge in [0.05, 0.1) is 0 Å². The molecule has 4 nitrogen and oxygen atoms in total. The Balaban J connectivity index is 2.10. The van der Waals surface area contributed by atoms with Crippen LogP contribution in [0.15, 0.2) is 39.2 Å². The third kappa shape index (κ3) is 2.82. The molecule has 8 heteroatoms. The van der Waals surface area contributed by atoms with E-state index in [-0.39, 0.29) is 0 Å². The lowest BCUT2D eigenvalue weighted by molar-refractivity contribution is 0.568. The third-order valence-corrected chi connectivity index (χ3v) is 5.74. The highest BCUT2D eigenvalue weighted by Crippen LogP contribution is 2.37. The van der Waals surface area contributed by atoms with Crippen molar-refractivity contribution in [2.24, 2.45) is 5.14 Å². The molecule has 114 valence electrons. The van der Waals surface area contributed by atoms with E-state index in [9.17, 15) is 12.8 Å². The summed E-state index contributed by atoms with van der Waals surface area (Å²) in [6.07, 6.45) is 0. The van der Waals surface area contributed by atoms with Gasteiger partial charge in [-0.25, -0.2) is 22.9 Å². The van der Waals surface area contributed by atoms with E-state index in [1.807, 2.05) is 23.1 Å². The van der Waals surface area contributed by atoms with Crippen LogP contribution >= 0.6 is 22.7 Å². The fourth-order valence-corrected chi connectivity index (χ4v) is 4.40. The van der Waals surface area contributed by atoms with Gasteiger partial charge in [0.2, 0.25) is 10.0 Å². The van der Waals surface area contributed by atoms with Crippen LogP contribution in [0.3, 0.4) is 0 Å². The molecule has 22 heavy (non-hydrogen) atoms. The highest BCUT2D eigenvalue weighted by atomic mass is 32.2. The van der Waals surface area contributed by atoms with Crippen molar-refractivity contribution in [3.05, 3.63) is 45.9 Å². The molecular weight excluding hydrogens is 343 g/mol. The van der Waals surface area contributed by atoms with Crippen molar-refractivity contribution in [2.45, 2.75) is 11.8 Å². The Morgan fingerprint density at radius 3 is 2.50 bits per heavy atom. The molecule has 2 heterocycles. The Bertz CT molecular complexity index is 945. The van der Waals surface area contributed by atoms with E-state index in [0.717, 1.165) is 21.8 Å². The molecule has 3 aromatic rings. The number of primary sulfonamides is 1. The Labute approximate surface area is 135 Å². The standard InChI is InChI=1S/C14H11FN2O2S3/c1-8-5-21-14(17-8)11-7-20-6-10(11)9-2-3-13(12(15)4-9)22(16,18)19/h2-7H,1H3,(H2,16,18,19). The molecule has 0 fully saturated rings. The predicted octanol–water partition coefficient (Wildman–Crippen LogP) is 3.63. The van der Waals surface area contributed by atoms with Crippen LogP contribution in [0.1, 0.15) is 5.69 Å². The van der Waals surface area contributed by atoms with Crippen molar-refractivity contribution < 1.29 is 12.8 Å². The molecule has 0 aliphatic carbocycles. The summed E-state index contributed by atoms with van der Waals surface area (Å²) in [5.41, 5.74) is 3.24. The zero-order valence-corrected chi connectivity index (χ0v) is 13.9. The molecule has 2 aromatic heterocycles. The smallest absolute Gasteiger partial charge is 0.240 e. The number of aromatic nitrogens is 1. The van der Waals surface area contributed by atoms with Gasteiger partial charge in [0.1, 0.15) is 15.7 Å². The largest absolute Gasteiger partial charge is 0.241 e. The highest BCUT2D eigenvalue weighted by Gasteiger charge is 2.17. The Morgan fingerprint density at radius 2 is 1.91 bits per heavy atom. The van der Waals surface area contributed by atoms with Gasteiger partial charge in [0.25, 0.3) is 0 Å². The number of aryl methyl sites for hydroxylation is 1. The lowest BCUT2D eigenvalue weighted by Gasteiger charge is -2.05. The van der Waals surface area contributed by atoms with Crippen LogP contribution in [0.2, 0.25) is 0 Å². The summed E-state index contributed by atoms with van der Waals surface area (Å²) in [5.74, 6) is -0.854. The summed E-state index contributed by atoms with van der Waals surface area (Å²) in [4.78, 5) is 3.93. The summed E-state index contributed by atoms with van der Waals surface area (Å²) in [5, 5.41) is 11.6. The molecule has 0 amide bonds. The minimum absolute atomic E-state index is 0.502. The number of hydrogen-bond donors (Lipinski definition) is 1. The zero-order valence-electron chi connectivity index (χ0n) is 11.4. The van der Waals surface area contributed by atoms with Crippen molar-refractivity contribution in [3.63, 3.8) is 0 Å². The van der Waals surface area contributed by atoms with Crippen LogP contribution < -0.4 is 5.14 Å². The van der Waals surface area contributed by atoms with Crippen molar-refractivity contribution in [1.29, 1.82) is 0 Å². The average Bonchev–Trinajstić information content (AvgIpc) is 3.05. The van der Waals surface area contributed by atoms with Crippen LogP contribution in [-0.4, -0.2) is 13.4 Å². The zero-order chi connectivity index (χ0) is 15.9. The Hall–Kier alpha value is -1.61. The van der Waals surface area contributed by atoms with Crippen molar-refractivity contribution in [1.82, 2.24) is 4.98 Å². The van der Waals surface area contributed by atoms with Gasteiger partial charge in [-0.1, -0.05) is 6.07 Å². The van der Waals surface area contributed by atoms with Crippen LogP contribution in [0.25, 0.3) is 21.7 Å². The van der Waals surface area contributed by atoms with Crippen LogP contribution in [0, 0.1) is 12.7 Å². The quantitative estimate of drug-likeness (QED) is 0.780. The Kier molecular flexibility index (Phi) is 3.85. The van der Waals surface area contributed by atoms with E-state index in [2.05, 4.69) is 4.98 Å². The van der Waals surface area contributed by atoms with Gasteiger partial charge < -0.3 is 0 Å².